The van der Waals surface area contributed by atoms with Crippen molar-refractivity contribution in [3.63, 3.8) is 0 Å². The number of rotatable bonds is 4. The van der Waals surface area contributed by atoms with Gasteiger partial charge in [0.05, 0.1) is 9.82 Å². The first kappa shape index (κ1) is 11.3. The zero-order valence-corrected chi connectivity index (χ0v) is 8.31. The van der Waals surface area contributed by atoms with E-state index in [-0.39, 0.29) is 5.69 Å². The van der Waals surface area contributed by atoms with Crippen LogP contribution >= 0.6 is 11.8 Å². The average molecular weight is 225 g/mol. The third-order valence-electron chi connectivity index (χ3n) is 1.47. The fraction of sp³-hybridized carbons (Fsp3) is 0. The Morgan fingerprint density at radius 1 is 1.47 bits per heavy atom. The van der Waals surface area contributed by atoms with Gasteiger partial charge in [-0.05, 0) is 11.5 Å². The van der Waals surface area contributed by atoms with Crippen LogP contribution < -0.4 is 0 Å². The molecule has 1 N–H and O–H groups in total. The van der Waals surface area contributed by atoms with Gasteiger partial charge in [0, 0.05) is 12.1 Å². The topological polar surface area (TPSA) is 80.4 Å². The van der Waals surface area contributed by atoms with E-state index in [0.717, 1.165) is 17.8 Å². The highest BCUT2D eigenvalue weighted by molar-refractivity contribution is 8.02. The Kier molecular flexibility index (Phi) is 3.87. The van der Waals surface area contributed by atoms with Gasteiger partial charge in [-0.2, -0.15) is 0 Å². The molecule has 0 spiro atoms. The van der Waals surface area contributed by atoms with E-state index in [1.807, 2.05) is 0 Å². The van der Waals surface area contributed by atoms with Gasteiger partial charge in [-0.15, -0.1) is 0 Å². The molecule has 0 radical (unpaired) electrons. The normalized spacial score (nSPS) is 10.4. The zero-order valence-electron chi connectivity index (χ0n) is 7.49. The number of benzene rings is 1. The molecule has 1 aromatic rings. The summed E-state index contributed by atoms with van der Waals surface area (Å²) in [5, 5.41) is 20.2. The summed E-state index contributed by atoms with van der Waals surface area (Å²) < 4.78 is 0. The van der Waals surface area contributed by atoms with E-state index in [1.54, 1.807) is 18.2 Å². The van der Waals surface area contributed by atoms with Crippen LogP contribution in [0.15, 0.2) is 40.6 Å². The summed E-state index contributed by atoms with van der Waals surface area (Å²) in [6, 6.07) is 6.15. The van der Waals surface area contributed by atoms with Gasteiger partial charge in [0.15, 0.2) is 0 Å². The number of thioether (sulfide) groups is 1. The maximum Gasteiger partial charge on any atom is 0.328 e. The molecule has 0 aliphatic rings. The SMILES string of the molecule is O=C(O)C=CSc1ccccc1[N+](=O)[O-]. The number of carboxylic acids is 1. The number of carbonyl (C=O) groups is 1. The molecule has 0 unspecified atom stereocenters. The largest absolute Gasteiger partial charge is 0.478 e. The molecule has 6 heteroatoms. The molecule has 0 fully saturated rings. The van der Waals surface area contributed by atoms with Crippen molar-refractivity contribution in [2.24, 2.45) is 0 Å². The highest BCUT2D eigenvalue weighted by Gasteiger charge is 2.11. The van der Waals surface area contributed by atoms with Crippen LogP contribution in [-0.4, -0.2) is 16.0 Å². The van der Waals surface area contributed by atoms with Gasteiger partial charge in [0.25, 0.3) is 5.69 Å². The van der Waals surface area contributed by atoms with Crippen LogP contribution in [0.3, 0.4) is 0 Å². The first-order valence-electron chi connectivity index (χ1n) is 3.91. The molecular weight excluding hydrogens is 218 g/mol. The summed E-state index contributed by atoms with van der Waals surface area (Å²) in [5.41, 5.74) is -0.0301. The second kappa shape index (κ2) is 5.16. The fourth-order valence-corrected chi connectivity index (χ4v) is 1.62. The average Bonchev–Trinajstić information content (AvgIpc) is 2.17. The molecule has 0 saturated carbocycles. The molecule has 0 saturated heterocycles. The third-order valence-corrected chi connectivity index (χ3v) is 2.34. The van der Waals surface area contributed by atoms with Gasteiger partial charge in [-0.25, -0.2) is 4.79 Å². The molecule has 1 aromatic carbocycles. The molecule has 0 bridgehead atoms. The quantitative estimate of drug-likeness (QED) is 0.368. The van der Waals surface area contributed by atoms with Gasteiger partial charge in [0.1, 0.15) is 0 Å². The summed E-state index contributed by atoms with van der Waals surface area (Å²) in [5.74, 6) is -1.08. The third kappa shape index (κ3) is 3.43. The molecule has 0 aromatic heterocycles. The smallest absolute Gasteiger partial charge is 0.328 e. The van der Waals surface area contributed by atoms with E-state index in [1.165, 1.54) is 11.5 Å². The molecule has 0 heterocycles. The molecule has 0 aliphatic carbocycles. The number of carboxylic acid groups (broad SMARTS) is 1. The lowest BCUT2D eigenvalue weighted by atomic mass is 10.3. The molecule has 0 amide bonds. The summed E-state index contributed by atoms with van der Waals surface area (Å²) in [4.78, 5) is 20.7. The number of nitro groups is 1. The van der Waals surface area contributed by atoms with Crippen molar-refractivity contribution in [3.05, 3.63) is 45.9 Å². The van der Waals surface area contributed by atoms with E-state index in [4.69, 9.17) is 5.11 Å². The number of nitrogens with zero attached hydrogens (tertiary/aromatic N) is 1. The molecule has 0 atom stereocenters. The summed E-state index contributed by atoms with van der Waals surface area (Å²) >= 11 is 1.00. The number of aliphatic carboxylic acids is 1. The Morgan fingerprint density at radius 2 is 2.13 bits per heavy atom. The predicted octanol–water partition coefficient (Wildman–Crippen LogP) is 2.29. The molecule has 78 valence electrons. The molecule has 15 heavy (non-hydrogen) atoms. The highest BCUT2D eigenvalue weighted by atomic mass is 32.2. The van der Waals surface area contributed by atoms with Crippen molar-refractivity contribution >= 4 is 23.4 Å². The van der Waals surface area contributed by atoms with Crippen LogP contribution in [0.4, 0.5) is 5.69 Å². The first-order valence-corrected chi connectivity index (χ1v) is 4.79. The van der Waals surface area contributed by atoms with Gasteiger partial charge in [-0.1, -0.05) is 23.9 Å². The summed E-state index contributed by atoms with van der Waals surface area (Å²) in [6.45, 7) is 0. The monoisotopic (exact) mass is 225 g/mol. The van der Waals surface area contributed by atoms with Crippen LogP contribution in [0.2, 0.25) is 0 Å². The van der Waals surface area contributed by atoms with Crippen LogP contribution in [0.1, 0.15) is 0 Å². The standard InChI is InChI=1S/C9H7NO4S/c11-9(12)5-6-15-8-4-2-1-3-7(8)10(13)14/h1-6H,(H,11,12). The van der Waals surface area contributed by atoms with E-state index in [0.29, 0.717) is 4.90 Å². The van der Waals surface area contributed by atoms with E-state index < -0.39 is 10.9 Å². The minimum atomic E-state index is -1.08. The molecule has 5 nitrogen and oxygen atoms in total. The number of hydrogen-bond donors (Lipinski definition) is 1. The lowest BCUT2D eigenvalue weighted by Crippen LogP contribution is -1.89. The van der Waals surface area contributed by atoms with Gasteiger partial charge < -0.3 is 5.11 Å². The second-order valence-corrected chi connectivity index (χ2v) is 3.43. The number of nitro benzene ring substituents is 1. The maximum absolute atomic E-state index is 10.6. The van der Waals surface area contributed by atoms with Crippen molar-refractivity contribution in [2.45, 2.75) is 4.90 Å². The molecular formula is C9H7NO4S. The number of para-hydroxylation sites is 1. The molecule has 0 aliphatic heterocycles. The van der Waals surface area contributed by atoms with Gasteiger partial charge >= 0.3 is 5.97 Å². The maximum atomic E-state index is 10.6. The van der Waals surface area contributed by atoms with Crippen molar-refractivity contribution in [2.75, 3.05) is 0 Å². The Morgan fingerprint density at radius 3 is 2.73 bits per heavy atom. The van der Waals surface area contributed by atoms with E-state index >= 15 is 0 Å². The van der Waals surface area contributed by atoms with Crippen LogP contribution in [0.5, 0.6) is 0 Å². The summed E-state index contributed by atoms with van der Waals surface area (Å²) in [6.07, 6.45) is 0.932. The van der Waals surface area contributed by atoms with Crippen molar-refractivity contribution in [3.8, 4) is 0 Å². The molecule has 1 rings (SSSR count). The van der Waals surface area contributed by atoms with Gasteiger partial charge in [-0.3, -0.25) is 10.1 Å². The Labute approximate surface area is 89.6 Å². The second-order valence-electron chi connectivity index (χ2n) is 2.48. The van der Waals surface area contributed by atoms with Crippen molar-refractivity contribution in [1.29, 1.82) is 0 Å². The first-order chi connectivity index (χ1) is 7.11. The summed E-state index contributed by atoms with van der Waals surface area (Å²) in [7, 11) is 0. The Balaban J connectivity index is 2.85. The highest BCUT2D eigenvalue weighted by Crippen LogP contribution is 2.29. The van der Waals surface area contributed by atoms with Crippen LogP contribution in [0.25, 0.3) is 0 Å². The number of hydrogen-bond acceptors (Lipinski definition) is 4. The Hall–Kier alpha value is -1.82. The van der Waals surface area contributed by atoms with Gasteiger partial charge in [0.2, 0.25) is 0 Å². The predicted molar refractivity (Wildman–Crippen MR) is 55.7 cm³/mol. The van der Waals surface area contributed by atoms with Crippen molar-refractivity contribution < 1.29 is 14.8 Å². The van der Waals surface area contributed by atoms with Crippen LogP contribution in [-0.2, 0) is 4.79 Å². The van der Waals surface area contributed by atoms with E-state index in [2.05, 4.69) is 0 Å². The van der Waals surface area contributed by atoms with E-state index in [9.17, 15) is 14.9 Å². The van der Waals surface area contributed by atoms with Crippen molar-refractivity contribution in [1.82, 2.24) is 0 Å². The minimum Gasteiger partial charge on any atom is -0.478 e. The van der Waals surface area contributed by atoms with Crippen LogP contribution in [0, 0.1) is 10.1 Å². The minimum absolute atomic E-state index is 0.0301. The Bertz CT molecular complexity index is 416. The fourth-order valence-electron chi connectivity index (χ4n) is 0.873. The lowest BCUT2D eigenvalue weighted by Gasteiger charge is -1.97. The lowest BCUT2D eigenvalue weighted by molar-refractivity contribution is -0.387. The zero-order chi connectivity index (χ0) is 11.3.